The minimum atomic E-state index is -0.0869. The van der Waals surface area contributed by atoms with Crippen molar-refractivity contribution in [3.8, 4) is 62.9 Å². The van der Waals surface area contributed by atoms with Crippen molar-refractivity contribution in [2.45, 2.75) is 37.8 Å². The van der Waals surface area contributed by atoms with Gasteiger partial charge >= 0.3 is 0 Å². The van der Waals surface area contributed by atoms with E-state index in [1.165, 1.54) is 18.2 Å². The summed E-state index contributed by atoms with van der Waals surface area (Å²) in [5, 5.41) is 21.6. The number of phenols is 2. The van der Waals surface area contributed by atoms with Crippen LogP contribution in [-0.2, 0) is 25.7 Å². The van der Waals surface area contributed by atoms with Crippen LogP contribution in [0.5, 0.6) is 51.7 Å². The molecule has 4 aromatic carbocycles. The van der Waals surface area contributed by atoms with E-state index in [1.807, 2.05) is 12.1 Å². The van der Waals surface area contributed by atoms with E-state index in [1.54, 1.807) is 46.6 Å². The molecule has 3 aliphatic rings. The molecule has 10 heteroatoms. The molecule has 2 N–H and O–H groups in total. The van der Waals surface area contributed by atoms with Crippen molar-refractivity contribution in [3.05, 3.63) is 75.8 Å². The third-order valence-corrected chi connectivity index (χ3v) is 10.5. The van der Waals surface area contributed by atoms with Crippen molar-refractivity contribution >= 4 is 0 Å². The number of rotatable bonds is 9. The summed E-state index contributed by atoms with van der Waals surface area (Å²) in [6, 6.07) is 13.4. The topological polar surface area (TPSA) is 102 Å². The van der Waals surface area contributed by atoms with Gasteiger partial charge in [0.1, 0.15) is 5.75 Å². The van der Waals surface area contributed by atoms with Gasteiger partial charge in [-0.25, -0.2) is 0 Å². The van der Waals surface area contributed by atoms with Crippen LogP contribution >= 0.6 is 0 Å². The molecule has 0 aromatic heterocycles. The second-order valence-electron chi connectivity index (χ2n) is 13.1. The number of hydrogen-bond donors (Lipinski definition) is 2. The Bertz CT molecular complexity index is 1920. The Morgan fingerprint density at radius 1 is 0.633 bits per heavy atom. The summed E-state index contributed by atoms with van der Waals surface area (Å²) in [6.07, 6.45) is 3.07. The zero-order chi connectivity index (χ0) is 34.6. The molecule has 258 valence electrons. The van der Waals surface area contributed by atoms with Gasteiger partial charge in [0.25, 0.3) is 0 Å². The number of likely N-dealkylation sites (N-methyl/N-ethyl adjacent to an activating group) is 2. The molecule has 0 saturated carbocycles. The third-order valence-electron chi connectivity index (χ3n) is 10.5. The smallest absolute Gasteiger partial charge is 0.169 e. The zero-order valence-corrected chi connectivity index (χ0v) is 29.2. The van der Waals surface area contributed by atoms with Crippen LogP contribution in [0.2, 0.25) is 0 Å². The molecule has 2 aliphatic heterocycles. The van der Waals surface area contributed by atoms with E-state index in [2.05, 4.69) is 36.0 Å². The average Bonchev–Trinajstić information content (AvgIpc) is 3.10. The third kappa shape index (κ3) is 5.53. The number of fused-ring (bicyclic) bond motifs is 3. The van der Waals surface area contributed by atoms with Crippen LogP contribution in [0.4, 0.5) is 0 Å². The summed E-state index contributed by atoms with van der Waals surface area (Å²) in [5.74, 6) is 3.97. The largest absolute Gasteiger partial charge is 0.504 e. The standard InChI is InChI=1S/C39H44N2O8/c1-40-10-8-21-15-32(44-3)30(43)18-25(21)27(40)13-24-14-29(42)33(45-4)20-31(24)49-35-17-23-12-28-37-22(9-11-41(28)2)16-36(47-6)39(48-7)38(37)26(23)19-34(35)46-5/h14-20,27-28,42-43H,8-13H2,1-7H3. The fraction of sp³-hybridized carbons (Fsp3) is 0.385. The van der Waals surface area contributed by atoms with Gasteiger partial charge in [-0.2, -0.15) is 0 Å². The predicted molar refractivity (Wildman–Crippen MR) is 186 cm³/mol. The second-order valence-corrected chi connectivity index (χ2v) is 13.1. The van der Waals surface area contributed by atoms with Crippen LogP contribution in [0.1, 0.15) is 45.5 Å². The van der Waals surface area contributed by atoms with Gasteiger partial charge in [0.05, 0.1) is 35.5 Å². The number of benzene rings is 4. The maximum Gasteiger partial charge on any atom is 0.169 e. The lowest BCUT2D eigenvalue weighted by Gasteiger charge is -2.40. The Hall–Kier alpha value is -4.80. The van der Waals surface area contributed by atoms with E-state index in [4.69, 9.17) is 28.4 Å². The van der Waals surface area contributed by atoms with E-state index in [9.17, 15) is 10.2 Å². The van der Waals surface area contributed by atoms with Crippen molar-refractivity contribution in [2.75, 3.05) is 62.7 Å². The van der Waals surface area contributed by atoms with E-state index in [0.29, 0.717) is 46.7 Å². The Balaban J connectivity index is 1.33. The molecule has 2 atom stereocenters. The molecule has 4 aromatic rings. The molecule has 10 nitrogen and oxygen atoms in total. The summed E-state index contributed by atoms with van der Waals surface area (Å²) in [4.78, 5) is 4.66. The minimum Gasteiger partial charge on any atom is -0.504 e. The summed E-state index contributed by atoms with van der Waals surface area (Å²) >= 11 is 0. The first-order valence-electron chi connectivity index (χ1n) is 16.6. The molecule has 7 rings (SSSR count). The van der Waals surface area contributed by atoms with Crippen molar-refractivity contribution in [2.24, 2.45) is 0 Å². The molecule has 0 bridgehead atoms. The molecular weight excluding hydrogens is 624 g/mol. The number of hydrogen-bond acceptors (Lipinski definition) is 10. The summed E-state index contributed by atoms with van der Waals surface area (Å²) in [5.41, 5.74) is 8.65. The lowest BCUT2D eigenvalue weighted by molar-refractivity contribution is 0.226. The van der Waals surface area contributed by atoms with Crippen LogP contribution in [0, 0.1) is 0 Å². The Morgan fingerprint density at radius 2 is 1.27 bits per heavy atom. The molecular formula is C39H44N2O8. The highest BCUT2D eigenvalue weighted by molar-refractivity contribution is 5.85. The Labute approximate surface area is 287 Å². The predicted octanol–water partition coefficient (Wildman–Crippen LogP) is 6.46. The van der Waals surface area contributed by atoms with Gasteiger partial charge in [0.15, 0.2) is 46.0 Å². The molecule has 49 heavy (non-hydrogen) atoms. The number of methoxy groups -OCH3 is 5. The molecule has 0 spiro atoms. The normalized spacial score (nSPS) is 18.2. The monoisotopic (exact) mass is 668 g/mol. The van der Waals surface area contributed by atoms with Gasteiger partial charge in [-0.05, 0) is 110 Å². The number of nitrogens with zero attached hydrogens (tertiary/aromatic N) is 2. The number of aromatic hydroxyl groups is 2. The summed E-state index contributed by atoms with van der Waals surface area (Å²) in [7, 11) is 12.3. The summed E-state index contributed by atoms with van der Waals surface area (Å²) in [6.45, 7) is 1.77. The maximum atomic E-state index is 10.9. The maximum absolute atomic E-state index is 10.9. The lowest BCUT2D eigenvalue weighted by Crippen LogP contribution is -2.35. The van der Waals surface area contributed by atoms with E-state index in [0.717, 1.165) is 65.7 Å². The Kier molecular flexibility index (Phi) is 8.62. The van der Waals surface area contributed by atoms with Crippen molar-refractivity contribution in [1.29, 1.82) is 0 Å². The van der Waals surface area contributed by atoms with Gasteiger partial charge in [0.2, 0.25) is 0 Å². The van der Waals surface area contributed by atoms with Crippen molar-refractivity contribution in [1.82, 2.24) is 9.80 Å². The van der Waals surface area contributed by atoms with Crippen molar-refractivity contribution in [3.63, 3.8) is 0 Å². The van der Waals surface area contributed by atoms with E-state index in [-0.39, 0.29) is 23.6 Å². The highest BCUT2D eigenvalue weighted by Gasteiger charge is 2.37. The Morgan fingerprint density at radius 3 is 1.98 bits per heavy atom. The zero-order valence-electron chi connectivity index (χ0n) is 29.2. The first-order valence-corrected chi connectivity index (χ1v) is 16.6. The van der Waals surface area contributed by atoms with Gasteiger partial charge in [-0.15, -0.1) is 0 Å². The fourth-order valence-electron chi connectivity index (χ4n) is 7.91. The highest BCUT2D eigenvalue weighted by Crippen LogP contribution is 2.54. The minimum absolute atomic E-state index is 0.0207. The second kappa shape index (κ2) is 12.9. The van der Waals surface area contributed by atoms with Crippen LogP contribution < -0.4 is 28.4 Å². The van der Waals surface area contributed by atoms with E-state index >= 15 is 0 Å². The van der Waals surface area contributed by atoms with Gasteiger partial charge in [-0.1, -0.05) is 0 Å². The fourth-order valence-corrected chi connectivity index (χ4v) is 7.91. The number of phenolic OH excluding ortho intramolecular Hbond substituents is 2. The van der Waals surface area contributed by atoms with E-state index < -0.39 is 0 Å². The van der Waals surface area contributed by atoms with Crippen LogP contribution in [-0.4, -0.2) is 82.7 Å². The molecule has 0 amide bonds. The summed E-state index contributed by atoms with van der Waals surface area (Å²) < 4.78 is 35.5. The molecule has 0 fully saturated rings. The molecule has 0 saturated heterocycles. The quantitative estimate of drug-likeness (QED) is 0.207. The van der Waals surface area contributed by atoms with Crippen molar-refractivity contribution < 1.29 is 38.6 Å². The molecule has 2 heterocycles. The average molecular weight is 669 g/mol. The molecule has 2 unspecified atom stereocenters. The highest BCUT2D eigenvalue weighted by atomic mass is 16.5. The van der Waals surface area contributed by atoms with Gasteiger partial charge < -0.3 is 38.6 Å². The first-order chi connectivity index (χ1) is 23.7. The molecule has 0 radical (unpaired) electrons. The lowest BCUT2D eigenvalue weighted by atomic mass is 9.76. The number of ether oxygens (including phenoxy) is 6. The first kappa shape index (κ1) is 32.7. The molecule has 1 aliphatic carbocycles. The van der Waals surface area contributed by atoms with Gasteiger partial charge in [-0.3, -0.25) is 9.80 Å². The van der Waals surface area contributed by atoms with Crippen LogP contribution in [0.25, 0.3) is 11.1 Å². The van der Waals surface area contributed by atoms with Crippen LogP contribution in [0.15, 0.2) is 42.5 Å². The van der Waals surface area contributed by atoms with Gasteiger partial charge in [0, 0.05) is 42.4 Å². The van der Waals surface area contributed by atoms with Crippen LogP contribution in [0.3, 0.4) is 0 Å². The SMILES string of the molecule is COc1cc2c(cc1O)C(Cc1cc(O)c(OC)cc1Oc1cc3c(cc1OC)-c1c(OC)c(OC)cc4c1C(C3)N(C)CC4)N(C)CC2.